The van der Waals surface area contributed by atoms with Gasteiger partial charge < -0.3 is 9.64 Å². The highest BCUT2D eigenvalue weighted by atomic mass is 16.5. The van der Waals surface area contributed by atoms with Crippen molar-refractivity contribution in [3.05, 3.63) is 53.9 Å². The summed E-state index contributed by atoms with van der Waals surface area (Å²) in [7, 11) is 0. The summed E-state index contributed by atoms with van der Waals surface area (Å²) in [5.74, 6) is 0.811. The Bertz CT molecular complexity index is 559. The first kappa shape index (κ1) is 13.1. The molecule has 0 N–H and O–H groups in total. The smallest absolute Gasteiger partial charge is 0.225 e. The van der Waals surface area contributed by atoms with Gasteiger partial charge in [0.25, 0.3) is 0 Å². The van der Waals surface area contributed by atoms with E-state index in [0.29, 0.717) is 0 Å². The molecule has 0 saturated carbocycles. The van der Waals surface area contributed by atoms with Gasteiger partial charge in [-0.05, 0) is 18.6 Å². The molecular weight excluding hydrogens is 250 g/mol. The van der Waals surface area contributed by atoms with Crippen LogP contribution >= 0.6 is 0 Å². The molecule has 1 atom stereocenters. The Labute approximate surface area is 119 Å². The Hall–Kier alpha value is -1.94. The van der Waals surface area contributed by atoms with E-state index in [1.807, 2.05) is 25.3 Å². The van der Waals surface area contributed by atoms with E-state index in [1.54, 1.807) is 0 Å². The molecule has 0 spiro atoms. The van der Waals surface area contributed by atoms with Crippen LogP contribution in [-0.4, -0.2) is 35.8 Å². The van der Waals surface area contributed by atoms with E-state index in [2.05, 4.69) is 39.1 Å². The lowest BCUT2D eigenvalue weighted by atomic mass is 10.1. The Morgan fingerprint density at radius 1 is 1.25 bits per heavy atom. The number of hydrogen-bond acceptors (Lipinski definition) is 4. The van der Waals surface area contributed by atoms with Crippen LogP contribution in [0.2, 0.25) is 0 Å². The molecule has 0 radical (unpaired) electrons. The minimum atomic E-state index is 0.204. The van der Waals surface area contributed by atoms with Gasteiger partial charge in [-0.25, -0.2) is 9.97 Å². The molecule has 2 heterocycles. The SMILES string of the molecule is Cc1ccnc(N2CCO[C@@H](Cc3ccccc3)C2)n1. The fourth-order valence-corrected chi connectivity index (χ4v) is 2.49. The maximum atomic E-state index is 5.87. The van der Waals surface area contributed by atoms with E-state index in [9.17, 15) is 0 Å². The van der Waals surface area contributed by atoms with Gasteiger partial charge in [-0.2, -0.15) is 0 Å². The van der Waals surface area contributed by atoms with E-state index in [4.69, 9.17) is 4.74 Å². The summed E-state index contributed by atoms with van der Waals surface area (Å²) in [5, 5.41) is 0. The van der Waals surface area contributed by atoms with Gasteiger partial charge in [0.15, 0.2) is 0 Å². The van der Waals surface area contributed by atoms with Crippen molar-refractivity contribution in [2.75, 3.05) is 24.6 Å². The molecule has 20 heavy (non-hydrogen) atoms. The van der Waals surface area contributed by atoms with Crippen LogP contribution < -0.4 is 4.90 Å². The Morgan fingerprint density at radius 2 is 2.10 bits per heavy atom. The number of aryl methyl sites for hydroxylation is 1. The predicted molar refractivity (Wildman–Crippen MR) is 78.9 cm³/mol. The molecule has 0 bridgehead atoms. The van der Waals surface area contributed by atoms with Crippen LogP contribution in [0.1, 0.15) is 11.3 Å². The molecule has 4 heteroatoms. The first-order valence-electron chi connectivity index (χ1n) is 7.01. The van der Waals surface area contributed by atoms with Gasteiger partial charge >= 0.3 is 0 Å². The molecule has 1 aliphatic heterocycles. The summed E-state index contributed by atoms with van der Waals surface area (Å²) in [6.07, 6.45) is 2.96. The number of aromatic nitrogens is 2. The van der Waals surface area contributed by atoms with Crippen molar-refractivity contribution in [1.82, 2.24) is 9.97 Å². The van der Waals surface area contributed by atoms with Gasteiger partial charge in [0.1, 0.15) is 0 Å². The third-order valence-electron chi connectivity index (χ3n) is 3.51. The highest BCUT2D eigenvalue weighted by molar-refractivity contribution is 5.31. The highest BCUT2D eigenvalue weighted by Crippen LogP contribution is 2.16. The summed E-state index contributed by atoms with van der Waals surface area (Å²) < 4.78 is 5.87. The van der Waals surface area contributed by atoms with Gasteiger partial charge in [0, 0.05) is 31.4 Å². The van der Waals surface area contributed by atoms with Crippen LogP contribution in [0.5, 0.6) is 0 Å². The van der Waals surface area contributed by atoms with Gasteiger partial charge in [-0.1, -0.05) is 30.3 Å². The zero-order valence-corrected chi connectivity index (χ0v) is 11.7. The van der Waals surface area contributed by atoms with Crippen molar-refractivity contribution < 1.29 is 4.74 Å². The average Bonchev–Trinajstić information content (AvgIpc) is 2.49. The molecular formula is C16H19N3O. The van der Waals surface area contributed by atoms with Crippen molar-refractivity contribution in [1.29, 1.82) is 0 Å². The van der Waals surface area contributed by atoms with E-state index >= 15 is 0 Å². The first-order valence-corrected chi connectivity index (χ1v) is 7.01. The molecule has 0 aliphatic carbocycles. The second-order valence-corrected chi connectivity index (χ2v) is 5.13. The summed E-state index contributed by atoms with van der Waals surface area (Å²) in [6.45, 7) is 4.43. The Balaban J connectivity index is 1.67. The van der Waals surface area contributed by atoms with Crippen molar-refractivity contribution in [3.8, 4) is 0 Å². The molecule has 0 unspecified atom stereocenters. The molecule has 1 aromatic carbocycles. The molecule has 1 fully saturated rings. The van der Waals surface area contributed by atoms with Crippen LogP contribution in [0.3, 0.4) is 0 Å². The molecule has 0 amide bonds. The maximum Gasteiger partial charge on any atom is 0.225 e. The second-order valence-electron chi connectivity index (χ2n) is 5.13. The summed E-state index contributed by atoms with van der Waals surface area (Å²) >= 11 is 0. The lowest BCUT2D eigenvalue weighted by Crippen LogP contribution is -2.44. The topological polar surface area (TPSA) is 38.2 Å². The van der Waals surface area contributed by atoms with E-state index < -0.39 is 0 Å². The largest absolute Gasteiger partial charge is 0.374 e. The number of ether oxygens (including phenoxy) is 1. The van der Waals surface area contributed by atoms with Crippen LogP contribution in [0.25, 0.3) is 0 Å². The third-order valence-corrected chi connectivity index (χ3v) is 3.51. The van der Waals surface area contributed by atoms with Crippen LogP contribution in [0, 0.1) is 6.92 Å². The Morgan fingerprint density at radius 3 is 2.90 bits per heavy atom. The normalized spacial score (nSPS) is 19.1. The van der Waals surface area contributed by atoms with Crippen LogP contribution in [-0.2, 0) is 11.2 Å². The summed E-state index contributed by atoms with van der Waals surface area (Å²) in [5.41, 5.74) is 2.31. The zero-order chi connectivity index (χ0) is 13.8. The first-order chi connectivity index (χ1) is 9.81. The van der Waals surface area contributed by atoms with E-state index in [-0.39, 0.29) is 6.10 Å². The average molecular weight is 269 g/mol. The molecule has 1 aliphatic rings. The van der Waals surface area contributed by atoms with Gasteiger partial charge in [0.05, 0.1) is 12.7 Å². The van der Waals surface area contributed by atoms with Gasteiger partial charge in [-0.3, -0.25) is 0 Å². The number of morpholine rings is 1. The molecule has 104 valence electrons. The van der Waals surface area contributed by atoms with Gasteiger partial charge in [-0.15, -0.1) is 0 Å². The summed E-state index contributed by atoms with van der Waals surface area (Å²) in [6, 6.07) is 12.4. The molecule has 1 aromatic heterocycles. The molecule has 3 rings (SSSR count). The molecule has 2 aromatic rings. The molecule has 1 saturated heterocycles. The monoisotopic (exact) mass is 269 g/mol. The number of anilines is 1. The number of benzene rings is 1. The predicted octanol–water partition coefficient (Wildman–Crippen LogP) is 2.23. The highest BCUT2D eigenvalue weighted by Gasteiger charge is 2.22. The van der Waals surface area contributed by atoms with Crippen molar-refractivity contribution >= 4 is 5.95 Å². The third kappa shape index (κ3) is 3.14. The van der Waals surface area contributed by atoms with Crippen molar-refractivity contribution in [3.63, 3.8) is 0 Å². The Kier molecular flexibility index (Phi) is 3.92. The molecule has 4 nitrogen and oxygen atoms in total. The second kappa shape index (κ2) is 6.01. The quantitative estimate of drug-likeness (QED) is 0.856. The minimum absolute atomic E-state index is 0.204. The zero-order valence-electron chi connectivity index (χ0n) is 11.7. The fourth-order valence-electron chi connectivity index (χ4n) is 2.49. The lowest BCUT2D eigenvalue weighted by molar-refractivity contribution is 0.0405. The maximum absolute atomic E-state index is 5.87. The van der Waals surface area contributed by atoms with Crippen molar-refractivity contribution in [2.45, 2.75) is 19.4 Å². The van der Waals surface area contributed by atoms with Crippen LogP contribution in [0.4, 0.5) is 5.95 Å². The number of hydrogen-bond donors (Lipinski definition) is 0. The number of rotatable bonds is 3. The number of nitrogens with zero attached hydrogens (tertiary/aromatic N) is 3. The van der Waals surface area contributed by atoms with Gasteiger partial charge in [0.2, 0.25) is 5.95 Å². The minimum Gasteiger partial charge on any atom is -0.374 e. The van der Waals surface area contributed by atoms with Crippen molar-refractivity contribution in [2.24, 2.45) is 0 Å². The lowest BCUT2D eigenvalue weighted by Gasteiger charge is -2.33. The fraction of sp³-hybridized carbons (Fsp3) is 0.375. The standard InChI is InChI=1S/C16H19N3O/c1-13-7-8-17-16(18-13)19-9-10-20-15(12-19)11-14-5-3-2-4-6-14/h2-8,15H,9-12H2,1H3/t15-/m0/s1. The summed E-state index contributed by atoms with van der Waals surface area (Å²) in [4.78, 5) is 11.1. The van der Waals surface area contributed by atoms with E-state index in [0.717, 1.165) is 37.8 Å². The van der Waals surface area contributed by atoms with E-state index in [1.165, 1.54) is 5.56 Å². The van der Waals surface area contributed by atoms with Crippen LogP contribution in [0.15, 0.2) is 42.6 Å².